The second-order valence-corrected chi connectivity index (χ2v) is 5.93. The van der Waals surface area contributed by atoms with Crippen molar-refractivity contribution >= 4 is 5.82 Å². The number of likely N-dealkylation sites (tertiary alicyclic amines) is 1. The Kier molecular flexibility index (Phi) is 3.97. The normalized spacial score (nSPS) is 21.7. The minimum atomic E-state index is 0.582. The lowest BCUT2D eigenvalue weighted by molar-refractivity contribution is 0.263. The fourth-order valence-corrected chi connectivity index (χ4v) is 3.17. The van der Waals surface area contributed by atoms with Crippen molar-refractivity contribution in [2.45, 2.75) is 51.0 Å². The van der Waals surface area contributed by atoms with Gasteiger partial charge in [-0.3, -0.25) is 0 Å². The summed E-state index contributed by atoms with van der Waals surface area (Å²) in [6.45, 7) is 2.37. The maximum Gasteiger partial charge on any atom is 0.133 e. The third kappa shape index (κ3) is 3.06. The van der Waals surface area contributed by atoms with E-state index in [1.54, 1.807) is 6.33 Å². The summed E-state index contributed by atoms with van der Waals surface area (Å²) in [4.78, 5) is 11.4. The number of aryl methyl sites for hydroxylation is 1. The monoisotopic (exact) mass is 260 g/mol. The van der Waals surface area contributed by atoms with E-state index >= 15 is 0 Å². The quantitative estimate of drug-likeness (QED) is 0.828. The first kappa shape index (κ1) is 12.9. The van der Waals surface area contributed by atoms with E-state index in [4.69, 9.17) is 0 Å². The SMILES string of the molecule is CN1CCC(Nc2ncnc3c2CCCCC3)CC1. The number of rotatable bonds is 2. The van der Waals surface area contributed by atoms with Gasteiger partial charge in [-0.05, 0) is 58.7 Å². The Morgan fingerprint density at radius 3 is 2.74 bits per heavy atom. The molecule has 0 unspecified atom stereocenters. The van der Waals surface area contributed by atoms with Gasteiger partial charge < -0.3 is 10.2 Å². The molecule has 0 radical (unpaired) electrons. The van der Waals surface area contributed by atoms with Crippen LogP contribution >= 0.6 is 0 Å². The van der Waals surface area contributed by atoms with E-state index in [0.717, 1.165) is 18.7 Å². The van der Waals surface area contributed by atoms with E-state index in [9.17, 15) is 0 Å². The van der Waals surface area contributed by atoms with Gasteiger partial charge in [0.1, 0.15) is 12.1 Å². The molecule has 1 saturated heterocycles. The molecule has 104 valence electrons. The van der Waals surface area contributed by atoms with Gasteiger partial charge in [-0.1, -0.05) is 6.42 Å². The predicted molar refractivity (Wildman–Crippen MR) is 77.4 cm³/mol. The summed E-state index contributed by atoms with van der Waals surface area (Å²) < 4.78 is 0. The summed E-state index contributed by atoms with van der Waals surface area (Å²) >= 11 is 0. The first-order chi connectivity index (χ1) is 9.33. The smallest absolute Gasteiger partial charge is 0.133 e. The minimum absolute atomic E-state index is 0.582. The molecule has 0 amide bonds. The number of fused-ring (bicyclic) bond motifs is 1. The maximum absolute atomic E-state index is 4.51. The van der Waals surface area contributed by atoms with Crippen molar-refractivity contribution in [1.82, 2.24) is 14.9 Å². The number of nitrogens with one attached hydrogen (secondary N) is 1. The highest BCUT2D eigenvalue weighted by atomic mass is 15.1. The van der Waals surface area contributed by atoms with E-state index in [2.05, 4.69) is 27.2 Å². The molecule has 0 aromatic carbocycles. The minimum Gasteiger partial charge on any atom is -0.367 e. The topological polar surface area (TPSA) is 41.0 Å². The average molecular weight is 260 g/mol. The molecular weight excluding hydrogens is 236 g/mol. The van der Waals surface area contributed by atoms with Gasteiger partial charge in [-0.15, -0.1) is 0 Å². The third-order valence-corrected chi connectivity index (χ3v) is 4.43. The Balaban J connectivity index is 1.74. The molecule has 1 fully saturated rings. The molecule has 0 atom stereocenters. The van der Waals surface area contributed by atoms with E-state index in [1.807, 2.05) is 0 Å². The van der Waals surface area contributed by atoms with Crippen molar-refractivity contribution in [2.75, 3.05) is 25.5 Å². The van der Waals surface area contributed by atoms with Gasteiger partial charge in [-0.25, -0.2) is 9.97 Å². The molecule has 4 heteroatoms. The zero-order valence-corrected chi connectivity index (χ0v) is 11.9. The number of aromatic nitrogens is 2. The van der Waals surface area contributed by atoms with Crippen molar-refractivity contribution in [2.24, 2.45) is 0 Å². The van der Waals surface area contributed by atoms with Gasteiger partial charge in [-0.2, -0.15) is 0 Å². The van der Waals surface area contributed by atoms with Crippen LogP contribution in [0.5, 0.6) is 0 Å². The van der Waals surface area contributed by atoms with Gasteiger partial charge in [0.25, 0.3) is 0 Å². The van der Waals surface area contributed by atoms with Gasteiger partial charge in [0, 0.05) is 17.3 Å². The third-order valence-electron chi connectivity index (χ3n) is 4.43. The fraction of sp³-hybridized carbons (Fsp3) is 0.733. The van der Waals surface area contributed by atoms with Gasteiger partial charge in [0.15, 0.2) is 0 Å². The van der Waals surface area contributed by atoms with Crippen molar-refractivity contribution in [3.8, 4) is 0 Å². The molecular formula is C15H24N4. The van der Waals surface area contributed by atoms with Crippen LogP contribution in [0.2, 0.25) is 0 Å². The zero-order valence-electron chi connectivity index (χ0n) is 11.9. The molecule has 3 rings (SSSR count). The van der Waals surface area contributed by atoms with Crippen LogP contribution < -0.4 is 5.32 Å². The molecule has 19 heavy (non-hydrogen) atoms. The average Bonchev–Trinajstić information content (AvgIpc) is 2.67. The highest BCUT2D eigenvalue weighted by Gasteiger charge is 2.20. The van der Waals surface area contributed by atoms with Crippen LogP contribution in [0.1, 0.15) is 43.4 Å². The maximum atomic E-state index is 4.51. The number of nitrogens with zero attached hydrogens (tertiary/aromatic N) is 3. The second kappa shape index (κ2) is 5.87. The number of piperidine rings is 1. The lowest BCUT2D eigenvalue weighted by Gasteiger charge is -2.30. The van der Waals surface area contributed by atoms with Crippen molar-refractivity contribution in [3.63, 3.8) is 0 Å². The molecule has 1 aliphatic heterocycles. The van der Waals surface area contributed by atoms with E-state index < -0.39 is 0 Å². The number of hydrogen-bond acceptors (Lipinski definition) is 4. The van der Waals surface area contributed by atoms with Crippen molar-refractivity contribution in [1.29, 1.82) is 0 Å². The van der Waals surface area contributed by atoms with Crippen LogP contribution in [0.15, 0.2) is 6.33 Å². The summed E-state index contributed by atoms with van der Waals surface area (Å²) in [5.41, 5.74) is 2.67. The van der Waals surface area contributed by atoms with Gasteiger partial charge in [0.05, 0.1) is 0 Å². The summed E-state index contributed by atoms with van der Waals surface area (Å²) in [5, 5.41) is 3.68. The van der Waals surface area contributed by atoms with Crippen LogP contribution in [0.25, 0.3) is 0 Å². The zero-order chi connectivity index (χ0) is 13.1. The Hall–Kier alpha value is -1.16. The molecule has 1 N–H and O–H groups in total. The molecule has 4 nitrogen and oxygen atoms in total. The largest absolute Gasteiger partial charge is 0.367 e. The fourth-order valence-electron chi connectivity index (χ4n) is 3.17. The Morgan fingerprint density at radius 1 is 1.11 bits per heavy atom. The molecule has 0 spiro atoms. The second-order valence-electron chi connectivity index (χ2n) is 5.93. The summed E-state index contributed by atoms with van der Waals surface area (Å²) in [5.74, 6) is 1.11. The summed E-state index contributed by atoms with van der Waals surface area (Å²) in [7, 11) is 2.20. The molecule has 0 saturated carbocycles. The molecule has 2 heterocycles. The Bertz CT molecular complexity index is 424. The lowest BCUT2D eigenvalue weighted by atomic mass is 10.0. The van der Waals surface area contributed by atoms with Crippen molar-refractivity contribution in [3.05, 3.63) is 17.6 Å². The standard InChI is InChI=1S/C15H24N4/c1-19-9-7-12(8-10-19)18-15-13-5-3-2-4-6-14(13)16-11-17-15/h11-12H,2-10H2,1H3,(H,16,17,18). The highest BCUT2D eigenvalue weighted by molar-refractivity contribution is 5.47. The van der Waals surface area contributed by atoms with E-state index in [-0.39, 0.29) is 0 Å². The van der Waals surface area contributed by atoms with Crippen LogP contribution in [-0.2, 0) is 12.8 Å². The van der Waals surface area contributed by atoms with Gasteiger partial charge in [0.2, 0.25) is 0 Å². The van der Waals surface area contributed by atoms with Crippen LogP contribution in [-0.4, -0.2) is 41.0 Å². The van der Waals surface area contributed by atoms with Crippen LogP contribution in [0, 0.1) is 0 Å². The van der Waals surface area contributed by atoms with Crippen LogP contribution in [0.3, 0.4) is 0 Å². The Morgan fingerprint density at radius 2 is 1.89 bits per heavy atom. The van der Waals surface area contributed by atoms with E-state index in [0.29, 0.717) is 6.04 Å². The first-order valence-corrected chi connectivity index (χ1v) is 7.61. The van der Waals surface area contributed by atoms with E-state index in [1.165, 1.54) is 56.5 Å². The van der Waals surface area contributed by atoms with Crippen molar-refractivity contribution < 1.29 is 0 Å². The molecule has 2 aliphatic rings. The molecule has 1 aromatic rings. The van der Waals surface area contributed by atoms with Gasteiger partial charge >= 0.3 is 0 Å². The number of hydrogen-bond donors (Lipinski definition) is 1. The summed E-state index contributed by atoms with van der Waals surface area (Å²) in [6.07, 6.45) is 10.3. The molecule has 1 aliphatic carbocycles. The Labute approximate surface area is 115 Å². The molecule has 1 aromatic heterocycles. The predicted octanol–water partition coefficient (Wildman–Crippen LogP) is 2.25. The lowest BCUT2D eigenvalue weighted by Crippen LogP contribution is -2.37. The first-order valence-electron chi connectivity index (χ1n) is 7.61. The highest BCUT2D eigenvalue weighted by Crippen LogP contribution is 2.25. The summed E-state index contributed by atoms with van der Waals surface area (Å²) in [6, 6.07) is 0.582. The number of anilines is 1. The molecule has 0 bridgehead atoms. The van der Waals surface area contributed by atoms with Crippen LogP contribution in [0.4, 0.5) is 5.82 Å².